The number of hydrogen-bond acceptors (Lipinski definition) is 1. The van der Waals surface area contributed by atoms with E-state index in [2.05, 4.69) is 27.8 Å². The molecule has 0 radical (unpaired) electrons. The summed E-state index contributed by atoms with van der Waals surface area (Å²) in [6.45, 7) is 0.117. The summed E-state index contributed by atoms with van der Waals surface area (Å²) in [5, 5.41) is -4.22. The van der Waals surface area contributed by atoms with E-state index in [1.807, 2.05) is 0 Å². The molecule has 0 aliphatic rings. The molecule has 2 rings (SSSR count). The number of rotatable bonds is 1. The van der Waals surface area contributed by atoms with Crippen LogP contribution in [0.2, 0.25) is 0 Å². The van der Waals surface area contributed by atoms with Gasteiger partial charge in [0.1, 0.15) is 0 Å². The van der Waals surface area contributed by atoms with Gasteiger partial charge in [0.25, 0.3) is 0 Å². The van der Waals surface area contributed by atoms with Crippen molar-refractivity contribution >= 4 is 41.0 Å². The molecule has 0 atom stereocenters. The van der Waals surface area contributed by atoms with Crippen molar-refractivity contribution in [2.75, 3.05) is 6.54 Å². The Labute approximate surface area is 122 Å². The van der Waals surface area contributed by atoms with Crippen LogP contribution in [0.3, 0.4) is 0 Å². The van der Waals surface area contributed by atoms with Crippen molar-refractivity contribution in [3.05, 3.63) is 34.4 Å². The molecule has 0 unspecified atom stereocenters. The maximum absolute atomic E-state index is 12.7. The predicted molar refractivity (Wildman–Crippen MR) is 72.5 cm³/mol. The van der Waals surface area contributed by atoms with Crippen LogP contribution in [0.15, 0.2) is 28.9 Å². The number of pyridine rings is 1. The minimum atomic E-state index is -4.22. The first-order valence-electron chi connectivity index (χ1n) is 5.16. The monoisotopic (exact) mass is 396 g/mol. The van der Waals surface area contributed by atoms with Gasteiger partial charge in [0, 0.05) is 0 Å². The SMILES string of the molecule is NCC#Cc1cc2c(Br)cccn2c1[Se]C(F)(F)F. The normalized spacial score (nSPS) is 11.4. The molecule has 7 heteroatoms. The number of aromatic nitrogens is 1. The Hall–Kier alpha value is -0.931. The second-order valence-electron chi connectivity index (χ2n) is 3.53. The molecule has 2 aromatic heterocycles. The van der Waals surface area contributed by atoms with Gasteiger partial charge in [0.2, 0.25) is 0 Å². The molecule has 100 valence electrons. The van der Waals surface area contributed by atoms with Crippen molar-refractivity contribution in [1.29, 1.82) is 0 Å². The molecule has 0 spiro atoms. The minimum absolute atomic E-state index is 0.117. The average Bonchev–Trinajstić information content (AvgIpc) is 2.65. The van der Waals surface area contributed by atoms with E-state index in [9.17, 15) is 13.2 Å². The number of alkyl halides is 3. The van der Waals surface area contributed by atoms with Crippen LogP contribution in [-0.2, 0) is 0 Å². The van der Waals surface area contributed by atoms with Crippen LogP contribution in [0.5, 0.6) is 0 Å². The summed E-state index contributed by atoms with van der Waals surface area (Å²) in [5.41, 5.74) is 6.33. The molecule has 0 aromatic carbocycles. The molecule has 2 nitrogen and oxygen atoms in total. The third-order valence-corrected chi connectivity index (χ3v) is 4.69. The average molecular weight is 396 g/mol. The summed E-state index contributed by atoms with van der Waals surface area (Å²) in [6, 6.07) is 5.11. The van der Waals surface area contributed by atoms with Gasteiger partial charge < -0.3 is 0 Å². The first-order chi connectivity index (χ1) is 8.92. The molecule has 0 bridgehead atoms. The molecule has 0 aliphatic heterocycles. The van der Waals surface area contributed by atoms with Gasteiger partial charge in [0.15, 0.2) is 0 Å². The number of nitrogens with two attached hydrogens (primary N) is 1. The summed E-state index contributed by atoms with van der Waals surface area (Å²) in [7, 11) is 0. The van der Waals surface area contributed by atoms with Gasteiger partial charge in [0.05, 0.1) is 0 Å². The first kappa shape index (κ1) is 14.5. The van der Waals surface area contributed by atoms with E-state index in [1.165, 1.54) is 4.40 Å². The van der Waals surface area contributed by atoms with Crippen molar-refractivity contribution in [3.8, 4) is 11.8 Å². The van der Waals surface area contributed by atoms with Crippen LogP contribution in [-0.4, -0.2) is 31.0 Å². The van der Waals surface area contributed by atoms with Crippen LogP contribution in [0.25, 0.3) is 5.52 Å². The number of hydrogen-bond donors (Lipinski definition) is 1. The predicted octanol–water partition coefficient (Wildman–Crippen LogP) is 1.86. The quantitative estimate of drug-likeness (QED) is 0.579. The van der Waals surface area contributed by atoms with E-state index < -0.39 is 20.0 Å². The third kappa shape index (κ3) is 3.34. The molecule has 2 aromatic rings. The summed E-state index contributed by atoms with van der Waals surface area (Å²) < 4.78 is 40.5. The van der Waals surface area contributed by atoms with Gasteiger partial charge in [-0.05, 0) is 0 Å². The molecule has 2 heterocycles. The molecule has 0 fully saturated rings. The number of nitrogens with zero attached hydrogens (tertiary/aromatic N) is 1. The van der Waals surface area contributed by atoms with E-state index in [-0.39, 0.29) is 11.1 Å². The fourth-order valence-corrected chi connectivity index (χ4v) is 3.51. The molecule has 2 N–H and O–H groups in total. The van der Waals surface area contributed by atoms with Crippen molar-refractivity contribution in [2.45, 2.75) is 5.07 Å². The molecular formula is C12H8BrF3N2Se. The van der Waals surface area contributed by atoms with Gasteiger partial charge in [-0.15, -0.1) is 0 Å². The Balaban J connectivity index is 2.65. The van der Waals surface area contributed by atoms with Crippen molar-refractivity contribution < 1.29 is 13.2 Å². The van der Waals surface area contributed by atoms with Crippen molar-refractivity contribution in [1.82, 2.24) is 4.40 Å². The number of halogens is 4. The molecule has 0 saturated heterocycles. The molecule has 0 amide bonds. The van der Waals surface area contributed by atoms with E-state index in [0.29, 0.717) is 11.1 Å². The summed E-state index contributed by atoms with van der Waals surface area (Å²) in [5.74, 6) is 5.31. The number of fused-ring (bicyclic) bond motifs is 1. The zero-order valence-electron chi connectivity index (χ0n) is 9.46. The topological polar surface area (TPSA) is 30.4 Å². The third-order valence-electron chi connectivity index (χ3n) is 2.25. The fraction of sp³-hybridized carbons (Fsp3) is 0.167. The summed E-state index contributed by atoms with van der Waals surface area (Å²) in [4.78, 5) is 0. The molecule has 0 aliphatic carbocycles. The Morgan fingerprint density at radius 3 is 2.79 bits per heavy atom. The zero-order valence-corrected chi connectivity index (χ0v) is 12.8. The Morgan fingerprint density at radius 1 is 1.42 bits per heavy atom. The van der Waals surface area contributed by atoms with Crippen molar-refractivity contribution in [2.24, 2.45) is 5.73 Å². The van der Waals surface area contributed by atoms with Crippen molar-refractivity contribution in [3.63, 3.8) is 0 Å². The van der Waals surface area contributed by atoms with Crippen LogP contribution >= 0.6 is 15.9 Å². The van der Waals surface area contributed by atoms with Crippen LogP contribution < -0.4 is 10.3 Å². The van der Waals surface area contributed by atoms with Gasteiger partial charge in [-0.25, -0.2) is 0 Å². The van der Waals surface area contributed by atoms with E-state index in [0.717, 1.165) is 4.47 Å². The van der Waals surface area contributed by atoms with Crippen LogP contribution in [0, 0.1) is 11.8 Å². The fourth-order valence-electron chi connectivity index (χ4n) is 1.59. The Morgan fingerprint density at radius 2 is 2.16 bits per heavy atom. The molecule has 19 heavy (non-hydrogen) atoms. The summed E-state index contributed by atoms with van der Waals surface area (Å²) in [6.07, 6.45) is 1.61. The van der Waals surface area contributed by atoms with Crippen LogP contribution in [0.4, 0.5) is 13.2 Å². The van der Waals surface area contributed by atoms with Gasteiger partial charge in [-0.3, -0.25) is 0 Å². The summed E-state index contributed by atoms with van der Waals surface area (Å²) >= 11 is 1.67. The van der Waals surface area contributed by atoms with Gasteiger partial charge in [-0.2, -0.15) is 0 Å². The van der Waals surface area contributed by atoms with Gasteiger partial charge in [-0.1, -0.05) is 0 Å². The van der Waals surface area contributed by atoms with Crippen LogP contribution in [0.1, 0.15) is 5.56 Å². The van der Waals surface area contributed by atoms with Gasteiger partial charge >= 0.3 is 122 Å². The maximum atomic E-state index is 12.7. The second-order valence-corrected chi connectivity index (χ2v) is 6.59. The zero-order chi connectivity index (χ0) is 14.0. The Kier molecular flexibility index (Phi) is 4.26. The Bertz CT molecular complexity index is 667. The standard InChI is InChI=1S/C12H8BrF3N2Se/c13-9-4-2-6-18-10(9)7-8(3-1-5-17)11(18)19-12(14,15)16/h2,4,6-7H,5,17H2. The molecule has 0 saturated carbocycles. The van der Waals surface area contributed by atoms with E-state index in [1.54, 1.807) is 24.4 Å². The second kappa shape index (κ2) is 5.59. The van der Waals surface area contributed by atoms with E-state index >= 15 is 0 Å². The van der Waals surface area contributed by atoms with E-state index in [4.69, 9.17) is 5.73 Å². The first-order valence-corrected chi connectivity index (χ1v) is 7.67. The molecular weight excluding hydrogens is 388 g/mol.